The van der Waals surface area contributed by atoms with Crippen LogP contribution in [0, 0.1) is 0 Å². The van der Waals surface area contributed by atoms with Crippen LogP contribution in [0.4, 0.5) is 17.5 Å². The molecule has 164 valence electrons. The van der Waals surface area contributed by atoms with Crippen LogP contribution in [0.3, 0.4) is 0 Å². The molecular weight excluding hydrogens is 470 g/mol. The highest BCUT2D eigenvalue weighted by molar-refractivity contribution is 9.10. The number of hydrogen-bond donors (Lipinski definition) is 1. The molecule has 0 saturated carbocycles. The second-order valence-corrected chi connectivity index (χ2v) is 9.75. The van der Waals surface area contributed by atoms with Gasteiger partial charge in [-0.05, 0) is 40.9 Å². The van der Waals surface area contributed by atoms with Crippen LogP contribution in [-0.2, 0) is 10.0 Å². The number of hydrogen-bond acceptors (Lipinski definition) is 7. The van der Waals surface area contributed by atoms with E-state index in [2.05, 4.69) is 31.1 Å². The zero-order valence-corrected chi connectivity index (χ0v) is 19.9. The number of rotatable bonds is 4. The molecule has 1 saturated heterocycles. The first-order valence-corrected chi connectivity index (χ1v) is 12.8. The fourth-order valence-electron chi connectivity index (χ4n) is 3.52. The number of aromatic nitrogens is 2. The maximum absolute atomic E-state index is 11.7. The van der Waals surface area contributed by atoms with Crippen molar-refractivity contribution < 1.29 is 13.2 Å². The first-order chi connectivity index (χ1) is 14.4. The molecule has 2 aromatic rings. The molecule has 1 aromatic carbocycles. The molecule has 0 amide bonds. The van der Waals surface area contributed by atoms with Crippen LogP contribution in [0.2, 0.25) is 0 Å². The number of halogens is 1. The topological polar surface area (TPSA) is 87.7 Å². The predicted molar refractivity (Wildman–Crippen MR) is 123 cm³/mol. The zero-order chi connectivity index (χ0) is 21.7. The van der Waals surface area contributed by atoms with E-state index in [0.29, 0.717) is 32.2 Å². The third-order valence-electron chi connectivity index (χ3n) is 4.97. The summed E-state index contributed by atoms with van der Waals surface area (Å²) in [5.74, 6) is 2.16. The van der Waals surface area contributed by atoms with Gasteiger partial charge in [0.15, 0.2) is 5.82 Å². The third-order valence-corrected chi connectivity index (χ3v) is 6.83. The van der Waals surface area contributed by atoms with Crippen molar-refractivity contribution in [2.45, 2.75) is 32.7 Å². The number of benzene rings is 1. The molecule has 8 nitrogen and oxygen atoms in total. The van der Waals surface area contributed by atoms with Gasteiger partial charge in [0, 0.05) is 25.3 Å². The molecule has 0 unspecified atom stereocenters. The quantitative estimate of drug-likeness (QED) is 0.689. The van der Waals surface area contributed by atoms with Crippen molar-refractivity contribution in [3.05, 3.63) is 34.9 Å². The van der Waals surface area contributed by atoms with Gasteiger partial charge in [-0.25, -0.2) is 17.7 Å². The summed E-state index contributed by atoms with van der Waals surface area (Å²) in [6, 6.07) is 8.03. The lowest BCUT2D eigenvalue weighted by molar-refractivity contribution is 0.313. The highest BCUT2D eigenvalue weighted by atomic mass is 79.9. The number of sulfonamides is 1. The van der Waals surface area contributed by atoms with Crippen LogP contribution in [0.15, 0.2) is 34.9 Å². The maximum atomic E-state index is 11.7. The van der Waals surface area contributed by atoms with E-state index in [1.54, 1.807) is 6.20 Å². The average molecular weight is 498 g/mol. The molecule has 1 N–H and O–H groups in total. The Hall–Kier alpha value is -1.91. The number of nitrogens with one attached hydrogen (secondary N) is 1. The molecule has 1 aromatic heterocycles. The molecule has 10 heteroatoms. The Morgan fingerprint density at radius 3 is 2.57 bits per heavy atom. The van der Waals surface area contributed by atoms with Crippen molar-refractivity contribution in [1.82, 2.24) is 14.3 Å². The summed E-state index contributed by atoms with van der Waals surface area (Å²) in [6.45, 7) is 6.30. The van der Waals surface area contributed by atoms with Gasteiger partial charge in [-0.15, -0.1) is 0 Å². The van der Waals surface area contributed by atoms with Crippen LogP contribution in [-0.4, -0.2) is 61.2 Å². The van der Waals surface area contributed by atoms with E-state index in [1.807, 2.05) is 38.1 Å². The smallest absolute Gasteiger partial charge is 0.224 e. The van der Waals surface area contributed by atoms with E-state index in [4.69, 9.17) is 9.72 Å². The van der Waals surface area contributed by atoms with Gasteiger partial charge in [-0.3, -0.25) is 0 Å². The maximum Gasteiger partial charge on any atom is 0.224 e. The van der Waals surface area contributed by atoms with E-state index in [1.165, 1.54) is 10.6 Å². The molecule has 1 fully saturated rings. The summed E-state index contributed by atoms with van der Waals surface area (Å²) < 4.78 is 31.4. The lowest BCUT2D eigenvalue weighted by Gasteiger charge is -2.32. The molecule has 0 bridgehead atoms. The molecule has 2 aliphatic heterocycles. The molecule has 4 rings (SSSR count). The fraction of sp³-hybridized carbons (Fsp3) is 0.500. The third kappa shape index (κ3) is 5.22. The van der Waals surface area contributed by atoms with Gasteiger partial charge in [0.2, 0.25) is 16.0 Å². The number of anilines is 3. The van der Waals surface area contributed by atoms with Crippen molar-refractivity contribution >= 4 is 43.4 Å². The molecule has 30 heavy (non-hydrogen) atoms. The Balaban J connectivity index is 0.00000124. The Morgan fingerprint density at radius 2 is 1.87 bits per heavy atom. The fourth-order valence-corrected chi connectivity index (χ4v) is 4.80. The number of para-hydroxylation sites is 2. The highest BCUT2D eigenvalue weighted by Crippen LogP contribution is 2.38. The first kappa shape index (κ1) is 22.8. The summed E-state index contributed by atoms with van der Waals surface area (Å²) in [5, 5.41) is 3.36. The van der Waals surface area contributed by atoms with E-state index < -0.39 is 10.0 Å². The van der Waals surface area contributed by atoms with Crippen LogP contribution in [0.1, 0.15) is 26.7 Å². The van der Waals surface area contributed by atoms with Crippen LogP contribution < -0.4 is 15.0 Å². The van der Waals surface area contributed by atoms with Crippen LogP contribution in [0.25, 0.3) is 0 Å². The molecule has 0 spiro atoms. The lowest BCUT2D eigenvalue weighted by Crippen LogP contribution is -2.42. The Labute approximate surface area is 186 Å². The van der Waals surface area contributed by atoms with E-state index in [-0.39, 0.29) is 6.04 Å². The van der Waals surface area contributed by atoms with Gasteiger partial charge in [0.25, 0.3) is 0 Å². The lowest BCUT2D eigenvalue weighted by atomic mass is 10.1. The molecule has 2 aliphatic rings. The normalized spacial score (nSPS) is 17.4. The Morgan fingerprint density at radius 1 is 1.17 bits per heavy atom. The van der Waals surface area contributed by atoms with Gasteiger partial charge in [0.05, 0.1) is 23.0 Å². The molecule has 0 radical (unpaired) electrons. The number of ether oxygens (including phenoxy) is 1. The number of nitrogens with zero attached hydrogens (tertiary/aromatic N) is 4. The van der Waals surface area contributed by atoms with Crippen molar-refractivity contribution in [2.75, 3.05) is 42.7 Å². The van der Waals surface area contributed by atoms with Crippen molar-refractivity contribution in [3.8, 4) is 5.75 Å². The number of fused-ring (bicyclic) bond motifs is 1. The first-order valence-electron chi connectivity index (χ1n) is 10.2. The van der Waals surface area contributed by atoms with Crippen molar-refractivity contribution in [2.24, 2.45) is 0 Å². The van der Waals surface area contributed by atoms with Crippen LogP contribution in [0.5, 0.6) is 5.75 Å². The largest absolute Gasteiger partial charge is 0.490 e. The SMILES string of the molecule is CC.CS(=O)(=O)N1CCC(Nc2ncc(Br)c(N3CCOc4ccccc43)n2)CC1. The van der Waals surface area contributed by atoms with Gasteiger partial charge in [-0.1, -0.05) is 26.0 Å². The van der Waals surface area contributed by atoms with Crippen molar-refractivity contribution in [1.29, 1.82) is 0 Å². The Bertz CT molecular complexity index is 965. The molecule has 0 atom stereocenters. The Kier molecular flexibility index (Phi) is 7.54. The second-order valence-electron chi connectivity index (χ2n) is 6.91. The standard InChI is InChI=1S/C18H22BrN5O3S.C2H6/c1-28(25,26)23-8-6-13(7-9-23)21-18-20-12-14(19)17(22-18)24-10-11-27-16-5-3-2-4-15(16)24;1-2/h2-5,12-13H,6-11H2,1H3,(H,20,21,22);1-2H3. The monoisotopic (exact) mass is 497 g/mol. The van der Waals surface area contributed by atoms with Crippen LogP contribution >= 0.6 is 15.9 Å². The van der Waals surface area contributed by atoms with Gasteiger partial charge >= 0.3 is 0 Å². The molecule has 0 aliphatic carbocycles. The molecular formula is C20H28BrN5O3S. The predicted octanol–water partition coefficient (Wildman–Crippen LogP) is 3.63. The minimum Gasteiger partial charge on any atom is -0.490 e. The van der Waals surface area contributed by atoms with E-state index in [0.717, 1.165) is 34.6 Å². The van der Waals surface area contributed by atoms with Gasteiger partial charge in [-0.2, -0.15) is 4.98 Å². The van der Waals surface area contributed by atoms with Gasteiger partial charge < -0.3 is 15.0 Å². The average Bonchev–Trinajstić information content (AvgIpc) is 2.76. The molecule has 3 heterocycles. The summed E-state index contributed by atoms with van der Waals surface area (Å²) in [5.41, 5.74) is 0.973. The second kappa shape index (κ2) is 9.93. The van der Waals surface area contributed by atoms with Gasteiger partial charge in [0.1, 0.15) is 12.4 Å². The highest BCUT2D eigenvalue weighted by Gasteiger charge is 2.26. The van der Waals surface area contributed by atoms with E-state index in [9.17, 15) is 8.42 Å². The van der Waals surface area contributed by atoms with Crippen molar-refractivity contribution in [3.63, 3.8) is 0 Å². The summed E-state index contributed by atoms with van der Waals surface area (Å²) in [6.07, 6.45) is 4.45. The minimum absolute atomic E-state index is 0.143. The minimum atomic E-state index is -3.13. The van der Waals surface area contributed by atoms with E-state index >= 15 is 0 Å². The number of piperidine rings is 1. The summed E-state index contributed by atoms with van der Waals surface area (Å²) in [7, 11) is -3.13. The summed E-state index contributed by atoms with van der Waals surface area (Å²) >= 11 is 3.56. The zero-order valence-electron chi connectivity index (χ0n) is 17.5. The summed E-state index contributed by atoms with van der Waals surface area (Å²) in [4.78, 5) is 11.2.